The summed E-state index contributed by atoms with van der Waals surface area (Å²) >= 11 is 0. The Kier molecular flexibility index (Phi) is 4.25. The van der Waals surface area contributed by atoms with E-state index in [-0.39, 0.29) is 18.9 Å². The van der Waals surface area contributed by atoms with E-state index in [2.05, 4.69) is 10.1 Å². The number of hydrogen-bond donors (Lipinski definition) is 2. The number of aromatic nitrogens is 2. The third-order valence-electron chi connectivity index (χ3n) is 2.74. The van der Waals surface area contributed by atoms with Crippen LogP contribution in [0.15, 0.2) is 34.9 Å². The third-order valence-corrected chi connectivity index (χ3v) is 2.74. The molecular formula is C13H15N3O3. The quantitative estimate of drug-likeness (QED) is 0.809. The maximum atomic E-state index is 11.1. The first-order valence-corrected chi connectivity index (χ1v) is 6.00. The summed E-state index contributed by atoms with van der Waals surface area (Å²) in [6, 6.07) is 9.66. The van der Waals surface area contributed by atoms with Crippen LogP contribution in [0, 0.1) is 0 Å². The van der Waals surface area contributed by atoms with E-state index in [1.165, 1.54) is 0 Å². The SMILES string of the molecule is NCCC(C(=O)O)c1nc(Cc2ccccc2)no1. The summed E-state index contributed by atoms with van der Waals surface area (Å²) in [7, 11) is 0. The second-order valence-corrected chi connectivity index (χ2v) is 4.18. The minimum Gasteiger partial charge on any atom is -0.481 e. The minimum atomic E-state index is -1.000. The minimum absolute atomic E-state index is 0.115. The molecule has 3 N–H and O–H groups in total. The fourth-order valence-electron chi connectivity index (χ4n) is 1.78. The van der Waals surface area contributed by atoms with E-state index in [0.29, 0.717) is 12.2 Å². The van der Waals surface area contributed by atoms with E-state index >= 15 is 0 Å². The van der Waals surface area contributed by atoms with Crippen LogP contribution in [0.1, 0.15) is 29.6 Å². The van der Waals surface area contributed by atoms with E-state index in [1.807, 2.05) is 30.3 Å². The molecule has 6 heteroatoms. The lowest BCUT2D eigenvalue weighted by atomic mass is 10.1. The van der Waals surface area contributed by atoms with Gasteiger partial charge in [0.2, 0.25) is 5.89 Å². The number of carboxylic acid groups (broad SMARTS) is 1. The van der Waals surface area contributed by atoms with Crippen LogP contribution in [0.2, 0.25) is 0 Å². The van der Waals surface area contributed by atoms with Crippen LogP contribution in [0.4, 0.5) is 0 Å². The van der Waals surface area contributed by atoms with Gasteiger partial charge >= 0.3 is 5.97 Å². The maximum Gasteiger partial charge on any atom is 0.316 e. The second-order valence-electron chi connectivity index (χ2n) is 4.18. The summed E-state index contributed by atoms with van der Waals surface area (Å²) in [6.07, 6.45) is 0.793. The third kappa shape index (κ3) is 3.38. The van der Waals surface area contributed by atoms with Crippen molar-refractivity contribution in [2.45, 2.75) is 18.8 Å². The molecule has 1 aromatic heterocycles. The molecule has 100 valence electrons. The molecule has 0 amide bonds. The van der Waals surface area contributed by atoms with Crippen LogP contribution in [-0.4, -0.2) is 27.8 Å². The zero-order chi connectivity index (χ0) is 13.7. The molecule has 6 nitrogen and oxygen atoms in total. The summed E-state index contributed by atoms with van der Waals surface area (Å²) in [6.45, 7) is 0.257. The first kappa shape index (κ1) is 13.2. The molecule has 2 rings (SSSR count). The lowest BCUT2D eigenvalue weighted by molar-refractivity contribution is -0.139. The summed E-state index contributed by atoms with van der Waals surface area (Å²) in [5, 5.41) is 12.9. The lowest BCUT2D eigenvalue weighted by Crippen LogP contribution is -2.16. The Hall–Kier alpha value is -2.21. The van der Waals surface area contributed by atoms with Crippen LogP contribution in [0.3, 0.4) is 0 Å². The molecule has 0 radical (unpaired) electrons. The molecule has 0 spiro atoms. The number of aliphatic carboxylic acids is 1. The number of hydrogen-bond acceptors (Lipinski definition) is 5. The number of carbonyl (C=O) groups is 1. The highest BCUT2D eigenvalue weighted by Crippen LogP contribution is 2.18. The van der Waals surface area contributed by atoms with Gasteiger partial charge in [-0.2, -0.15) is 4.98 Å². The van der Waals surface area contributed by atoms with Crippen LogP contribution in [0.25, 0.3) is 0 Å². The first-order chi connectivity index (χ1) is 9.20. The fourth-order valence-corrected chi connectivity index (χ4v) is 1.78. The highest BCUT2D eigenvalue weighted by atomic mass is 16.5. The molecule has 0 bridgehead atoms. The van der Waals surface area contributed by atoms with E-state index in [0.717, 1.165) is 5.56 Å². The molecule has 1 atom stereocenters. The Morgan fingerprint density at radius 2 is 2.11 bits per heavy atom. The molecule has 1 heterocycles. The zero-order valence-electron chi connectivity index (χ0n) is 10.3. The normalized spacial score (nSPS) is 12.3. The summed E-state index contributed by atoms with van der Waals surface area (Å²) in [5.74, 6) is -1.24. The van der Waals surface area contributed by atoms with Gasteiger partial charge in [0.05, 0.1) is 0 Å². The average Bonchev–Trinajstić information content (AvgIpc) is 2.85. The van der Waals surface area contributed by atoms with Gasteiger partial charge in [-0.25, -0.2) is 0 Å². The Bertz CT molecular complexity index is 539. The highest BCUT2D eigenvalue weighted by molar-refractivity contribution is 5.74. The molecule has 0 saturated heterocycles. The van der Waals surface area contributed by atoms with Gasteiger partial charge in [-0.05, 0) is 18.5 Å². The molecule has 0 saturated carbocycles. The topological polar surface area (TPSA) is 102 Å². The second kappa shape index (κ2) is 6.10. The Labute approximate surface area is 110 Å². The van der Waals surface area contributed by atoms with Crippen molar-refractivity contribution >= 4 is 5.97 Å². The summed E-state index contributed by atoms with van der Waals surface area (Å²) < 4.78 is 5.02. The lowest BCUT2D eigenvalue weighted by Gasteiger charge is -2.04. The number of rotatable bonds is 6. The first-order valence-electron chi connectivity index (χ1n) is 6.00. The molecule has 1 aromatic carbocycles. The van der Waals surface area contributed by atoms with Crippen LogP contribution in [0.5, 0.6) is 0 Å². The molecule has 1 unspecified atom stereocenters. The van der Waals surface area contributed by atoms with Gasteiger partial charge in [0.25, 0.3) is 0 Å². The van der Waals surface area contributed by atoms with Gasteiger partial charge in [-0.3, -0.25) is 4.79 Å². The average molecular weight is 261 g/mol. The van der Waals surface area contributed by atoms with Gasteiger partial charge in [0, 0.05) is 6.42 Å². The molecule has 2 aromatic rings. The van der Waals surface area contributed by atoms with Gasteiger partial charge < -0.3 is 15.4 Å². The highest BCUT2D eigenvalue weighted by Gasteiger charge is 2.25. The number of benzene rings is 1. The number of nitrogens with zero attached hydrogens (tertiary/aromatic N) is 2. The van der Waals surface area contributed by atoms with E-state index < -0.39 is 11.9 Å². The number of carboxylic acids is 1. The van der Waals surface area contributed by atoms with E-state index in [9.17, 15) is 4.79 Å². The van der Waals surface area contributed by atoms with Crippen molar-refractivity contribution in [1.29, 1.82) is 0 Å². The monoisotopic (exact) mass is 261 g/mol. The van der Waals surface area contributed by atoms with Crippen molar-refractivity contribution in [1.82, 2.24) is 10.1 Å². The maximum absolute atomic E-state index is 11.1. The fraction of sp³-hybridized carbons (Fsp3) is 0.308. The van der Waals surface area contributed by atoms with Crippen molar-refractivity contribution < 1.29 is 14.4 Å². The molecule has 19 heavy (non-hydrogen) atoms. The molecular weight excluding hydrogens is 246 g/mol. The van der Waals surface area contributed by atoms with Crippen molar-refractivity contribution in [3.8, 4) is 0 Å². The van der Waals surface area contributed by atoms with Gasteiger partial charge in [0.1, 0.15) is 5.92 Å². The standard InChI is InChI=1S/C13H15N3O3/c14-7-6-10(13(17)18)12-15-11(16-19-12)8-9-4-2-1-3-5-9/h1-5,10H,6-8,14H2,(H,17,18). The predicted octanol–water partition coefficient (Wildman–Crippen LogP) is 1.18. The largest absolute Gasteiger partial charge is 0.481 e. The Morgan fingerprint density at radius 3 is 2.74 bits per heavy atom. The van der Waals surface area contributed by atoms with Crippen molar-refractivity contribution in [2.24, 2.45) is 5.73 Å². The summed E-state index contributed by atoms with van der Waals surface area (Å²) in [4.78, 5) is 15.2. The molecule has 0 aliphatic rings. The van der Waals surface area contributed by atoms with Gasteiger partial charge in [0.15, 0.2) is 5.82 Å². The molecule has 0 aliphatic heterocycles. The Morgan fingerprint density at radius 1 is 1.37 bits per heavy atom. The smallest absolute Gasteiger partial charge is 0.316 e. The zero-order valence-corrected chi connectivity index (χ0v) is 10.3. The van der Waals surface area contributed by atoms with Crippen LogP contribution in [-0.2, 0) is 11.2 Å². The van der Waals surface area contributed by atoms with Crippen LogP contribution >= 0.6 is 0 Å². The van der Waals surface area contributed by atoms with Crippen molar-refractivity contribution in [3.05, 3.63) is 47.6 Å². The van der Waals surface area contributed by atoms with Crippen molar-refractivity contribution in [3.63, 3.8) is 0 Å². The van der Waals surface area contributed by atoms with E-state index in [1.54, 1.807) is 0 Å². The van der Waals surface area contributed by atoms with E-state index in [4.69, 9.17) is 15.4 Å². The summed E-state index contributed by atoms with van der Waals surface area (Å²) in [5.41, 5.74) is 6.42. The van der Waals surface area contributed by atoms with Crippen LogP contribution < -0.4 is 5.73 Å². The number of nitrogens with two attached hydrogens (primary N) is 1. The van der Waals surface area contributed by atoms with Gasteiger partial charge in [-0.1, -0.05) is 35.5 Å². The molecule has 0 aliphatic carbocycles. The Balaban J connectivity index is 2.12. The molecule has 0 fully saturated rings. The predicted molar refractivity (Wildman–Crippen MR) is 67.6 cm³/mol. The van der Waals surface area contributed by atoms with Crippen molar-refractivity contribution in [2.75, 3.05) is 6.54 Å². The van der Waals surface area contributed by atoms with Gasteiger partial charge in [-0.15, -0.1) is 0 Å².